The predicted molar refractivity (Wildman–Crippen MR) is 184 cm³/mol. The van der Waals surface area contributed by atoms with E-state index < -0.39 is 0 Å². The first-order valence-corrected chi connectivity index (χ1v) is 15.6. The molecule has 0 bridgehead atoms. The molecule has 0 aliphatic rings. The van der Waals surface area contributed by atoms with Crippen LogP contribution in [0.4, 0.5) is 0 Å². The summed E-state index contributed by atoms with van der Waals surface area (Å²) < 4.78 is 3.65. The van der Waals surface area contributed by atoms with Crippen LogP contribution < -0.4 is 0 Å². The SMILES string of the molecule is c1ccc(-c2cccc(-c3nc(-c4ccc5c(c4)c4c6scnc6cc6c7ccccc7n5c64)c4ccccc4n3)c2)cc1. The van der Waals surface area contributed by atoms with E-state index in [-0.39, 0.29) is 0 Å². The van der Waals surface area contributed by atoms with E-state index in [1.807, 2.05) is 17.6 Å². The summed E-state index contributed by atoms with van der Waals surface area (Å²) in [5.74, 6) is 0.723. The fourth-order valence-corrected chi connectivity index (χ4v) is 7.75. The van der Waals surface area contributed by atoms with Crippen molar-refractivity contribution in [3.63, 3.8) is 0 Å². The van der Waals surface area contributed by atoms with E-state index in [0.29, 0.717) is 0 Å². The van der Waals surface area contributed by atoms with Gasteiger partial charge in [0.25, 0.3) is 0 Å². The third-order valence-corrected chi connectivity index (χ3v) is 9.72. The lowest BCUT2D eigenvalue weighted by atomic mass is 10.0. The van der Waals surface area contributed by atoms with Crippen LogP contribution in [0.2, 0.25) is 0 Å². The molecule has 0 aliphatic carbocycles. The van der Waals surface area contributed by atoms with Gasteiger partial charge in [-0.2, -0.15) is 0 Å². The quantitative estimate of drug-likeness (QED) is 0.209. The average Bonchev–Trinajstić information content (AvgIpc) is 3.79. The second kappa shape index (κ2) is 8.93. The Morgan fingerprint density at radius 1 is 0.500 bits per heavy atom. The Bertz CT molecular complexity index is 2720. The Labute approximate surface area is 255 Å². The molecule has 0 unspecified atom stereocenters. The zero-order chi connectivity index (χ0) is 28.8. The van der Waals surface area contributed by atoms with Gasteiger partial charge in [-0.3, -0.25) is 0 Å². The summed E-state index contributed by atoms with van der Waals surface area (Å²) in [6.07, 6.45) is 0. The minimum Gasteiger partial charge on any atom is -0.308 e. The number of fused-ring (bicyclic) bond motifs is 9. The van der Waals surface area contributed by atoms with Gasteiger partial charge >= 0.3 is 0 Å². The lowest BCUT2D eigenvalue weighted by Gasteiger charge is -2.11. The van der Waals surface area contributed by atoms with Gasteiger partial charge < -0.3 is 4.40 Å². The molecule has 0 atom stereocenters. The Hall–Kier alpha value is -5.65. The number of hydrogen-bond acceptors (Lipinski definition) is 4. The van der Waals surface area contributed by atoms with Crippen molar-refractivity contribution in [1.82, 2.24) is 19.4 Å². The van der Waals surface area contributed by atoms with Crippen LogP contribution in [0.5, 0.6) is 0 Å². The van der Waals surface area contributed by atoms with Gasteiger partial charge in [0.2, 0.25) is 0 Å². The van der Waals surface area contributed by atoms with Crippen LogP contribution >= 0.6 is 11.3 Å². The van der Waals surface area contributed by atoms with Gasteiger partial charge in [0, 0.05) is 38.1 Å². The van der Waals surface area contributed by atoms with Gasteiger partial charge in [0.1, 0.15) is 0 Å². The normalized spacial score (nSPS) is 12.1. The summed E-state index contributed by atoms with van der Waals surface area (Å²) in [5.41, 5.74) is 13.0. The summed E-state index contributed by atoms with van der Waals surface area (Å²) >= 11 is 1.71. The number of aromatic nitrogens is 4. The van der Waals surface area contributed by atoms with Crippen LogP contribution in [0.25, 0.3) is 93.0 Å². The third kappa shape index (κ3) is 3.30. The van der Waals surface area contributed by atoms with Crippen molar-refractivity contribution >= 4 is 70.6 Å². The molecule has 5 heteroatoms. The van der Waals surface area contributed by atoms with Crippen molar-refractivity contribution in [3.05, 3.63) is 133 Å². The van der Waals surface area contributed by atoms with Crippen LogP contribution in [-0.4, -0.2) is 19.4 Å². The second-order valence-electron chi connectivity index (χ2n) is 11.3. The molecule has 0 fully saturated rings. The van der Waals surface area contributed by atoms with E-state index >= 15 is 0 Å². The Balaban J connectivity index is 1.25. The van der Waals surface area contributed by atoms with Gasteiger partial charge in [-0.25, -0.2) is 15.0 Å². The van der Waals surface area contributed by atoms with Gasteiger partial charge in [-0.15, -0.1) is 11.3 Å². The summed E-state index contributed by atoms with van der Waals surface area (Å²) in [6, 6.07) is 45.0. The van der Waals surface area contributed by atoms with Crippen molar-refractivity contribution < 1.29 is 0 Å². The molecule has 4 nitrogen and oxygen atoms in total. The second-order valence-corrected chi connectivity index (χ2v) is 12.1. The van der Waals surface area contributed by atoms with Gasteiger partial charge in [0.05, 0.1) is 43.5 Å². The number of nitrogens with zero attached hydrogens (tertiary/aromatic N) is 4. The lowest BCUT2D eigenvalue weighted by molar-refractivity contribution is 1.23. The fourth-order valence-electron chi connectivity index (χ4n) is 6.92. The van der Waals surface area contributed by atoms with Crippen molar-refractivity contribution in [2.75, 3.05) is 0 Å². The predicted octanol–water partition coefficient (Wildman–Crippen LogP) is 10.4. The van der Waals surface area contributed by atoms with Crippen LogP contribution in [0, 0.1) is 0 Å². The molecule has 0 radical (unpaired) electrons. The fraction of sp³-hybridized carbons (Fsp3) is 0. The summed E-state index contributed by atoms with van der Waals surface area (Å²) in [5, 5.41) is 6.04. The molecule has 0 aliphatic heterocycles. The van der Waals surface area contributed by atoms with E-state index in [1.165, 1.54) is 48.4 Å². The molecule has 0 spiro atoms. The molecule has 44 heavy (non-hydrogen) atoms. The van der Waals surface area contributed by atoms with E-state index in [0.717, 1.165) is 44.6 Å². The van der Waals surface area contributed by atoms with Gasteiger partial charge in [0.15, 0.2) is 5.82 Å². The number of thiazole rings is 1. The van der Waals surface area contributed by atoms with Crippen molar-refractivity contribution in [2.24, 2.45) is 0 Å². The maximum Gasteiger partial charge on any atom is 0.160 e. The molecule has 0 saturated carbocycles. The zero-order valence-electron chi connectivity index (χ0n) is 23.4. The Kier molecular flexibility index (Phi) is 4.84. The molecule has 0 amide bonds. The molecule has 4 aromatic heterocycles. The van der Waals surface area contributed by atoms with E-state index in [1.54, 1.807) is 11.3 Å². The van der Waals surface area contributed by atoms with E-state index in [9.17, 15) is 0 Å². The highest BCUT2D eigenvalue weighted by atomic mass is 32.1. The zero-order valence-corrected chi connectivity index (χ0v) is 24.2. The van der Waals surface area contributed by atoms with Crippen molar-refractivity contribution in [2.45, 2.75) is 0 Å². The minimum atomic E-state index is 0.723. The Morgan fingerprint density at radius 3 is 2.20 bits per heavy atom. The first kappa shape index (κ1) is 23.9. The summed E-state index contributed by atoms with van der Waals surface area (Å²) in [7, 11) is 0. The van der Waals surface area contributed by atoms with Crippen LogP contribution in [-0.2, 0) is 0 Å². The molecule has 4 heterocycles. The van der Waals surface area contributed by atoms with Gasteiger partial charge in [-0.05, 0) is 47.5 Å². The van der Waals surface area contributed by atoms with Crippen molar-refractivity contribution in [1.29, 1.82) is 0 Å². The average molecular weight is 579 g/mol. The standard InChI is InChI=1S/C39H22N4S/c1-2-9-23(10-3-1)24-11-8-12-26(19-24)39-41-31-15-6-4-14-28(31)36(42-39)25-17-18-34-30(20-25)35-37-29(21-32-38(35)44-22-40-32)27-13-5-7-16-33(27)43(34)37/h1-22H. The van der Waals surface area contributed by atoms with Crippen molar-refractivity contribution in [3.8, 4) is 33.8 Å². The number of rotatable bonds is 3. The molecular weight excluding hydrogens is 557 g/mol. The van der Waals surface area contributed by atoms with Crippen LogP contribution in [0.1, 0.15) is 0 Å². The van der Waals surface area contributed by atoms with Crippen LogP contribution in [0.15, 0.2) is 133 Å². The van der Waals surface area contributed by atoms with Gasteiger partial charge in [-0.1, -0.05) is 91.0 Å². The smallest absolute Gasteiger partial charge is 0.160 e. The maximum atomic E-state index is 5.26. The molecule has 0 saturated heterocycles. The molecule has 10 aromatic rings. The summed E-state index contributed by atoms with van der Waals surface area (Å²) in [4.78, 5) is 15.0. The maximum absolute atomic E-state index is 5.26. The largest absolute Gasteiger partial charge is 0.308 e. The molecule has 10 rings (SSSR count). The minimum absolute atomic E-state index is 0.723. The summed E-state index contributed by atoms with van der Waals surface area (Å²) in [6.45, 7) is 0. The Morgan fingerprint density at radius 2 is 1.27 bits per heavy atom. The third-order valence-electron chi connectivity index (χ3n) is 8.87. The highest BCUT2D eigenvalue weighted by molar-refractivity contribution is 7.18. The monoisotopic (exact) mass is 578 g/mol. The molecule has 0 N–H and O–H groups in total. The topological polar surface area (TPSA) is 43.1 Å². The molecular formula is C39H22N4S. The molecule has 204 valence electrons. The number of benzene rings is 6. The first-order chi connectivity index (χ1) is 21.8. The van der Waals surface area contributed by atoms with Crippen LogP contribution in [0.3, 0.4) is 0 Å². The highest BCUT2D eigenvalue weighted by Crippen LogP contribution is 2.45. The number of para-hydroxylation sites is 2. The lowest BCUT2D eigenvalue weighted by Crippen LogP contribution is -1.95. The molecule has 6 aromatic carbocycles. The van der Waals surface area contributed by atoms with E-state index in [4.69, 9.17) is 15.0 Å². The highest BCUT2D eigenvalue weighted by Gasteiger charge is 2.22. The van der Waals surface area contributed by atoms with E-state index in [2.05, 4.69) is 120 Å². The first-order valence-electron chi connectivity index (χ1n) is 14.7. The number of hydrogen-bond donors (Lipinski definition) is 0.